The molecule has 0 amide bonds. The maximum Gasteiger partial charge on any atom is 0.143 e. The molecule has 0 aliphatic carbocycles. The van der Waals surface area contributed by atoms with E-state index in [0.717, 1.165) is 166 Å². The van der Waals surface area contributed by atoms with Crippen molar-refractivity contribution in [1.82, 2.24) is 18.3 Å². The lowest BCUT2D eigenvalue weighted by Gasteiger charge is -2.14. The maximum atomic E-state index is 7.24. The van der Waals surface area contributed by atoms with Gasteiger partial charge in [0.05, 0.1) is 44.1 Å². The van der Waals surface area contributed by atoms with Crippen LogP contribution < -0.4 is 0 Å². The lowest BCUT2D eigenvalue weighted by Crippen LogP contribution is -1.95. The van der Waals surface area contributed by atoms with E-state index in [1.807, 2.05) is 12.1 Å². The summed E-state index contributed by atoms with van der Waals surface area (Å²) in [7, 11) is 0. The topological polar surface area (TPSA) is 46.0 Å². The molecule has 0 N–H and O–H groups in total. The van der Waals surface area contributed by atoms with E-state index >= 15 is 0 Å². The molecule has 0 atom stereocenters. The molecule has 0 spiro atoms. The van der Waals surface area contributed by atoms with Crippen molar-refractivity contribution in [3.63, 3.8) is 0 Å². The van der Waals surface area contributed by atoms with Crippen molar-refractivity contribution in [2.75, 3.05) is 0 Å². The van der Waals surface area contributed by atoms with E-state index in [-0.39, 0.29) is 0 Å². The number of para-hydroxylation sites is 9. The van der Waals surface area contributed by atoms with Gasteiger partial charge in [0.1, 0.15) is 22.3 Å². The fourth-order valence-electron chi connectivity index (χ4n) is 18.9. The number of rotatable bonds is 11. The maximum absolute atomic E-state index is 7.24. The highest BCUT2D eigenvalue weighted by Crippen LogP contribution is 2.49. The average molecular weight is 1450 g/mol. The molecule has 114 heavy (non-hydrogen) atoms. The van der Waals surface area contributed by atoms with Gasteiger partial charge in [0.25, 0.3) is 0 Å². The molecule has 24 rings (SSSR count). The summed E-state index contributed by atoms with van der Waals surface area (Å²) >= 11 is 0. The van der Waals surface area contributed by atoms with E-state index in [4.69, 9.17) is 8.83 Å². The standard InChI is InChI=1S/C108H66N4O2/c1-3-21-76(22-4-1)109-95-37-13-8-27-89(95)104-80(30-19-40-98(104)109)74-55-61-84-83-25-7-12-36-94(83)111(100(84)65-74)78-57-51-69(52-58-78)67-43-45-71(46-44-67)73-56-62-103-92(63-73)87-34-18-35-88(108(87)114-103)93-64-75(81-31-20-41-99-105(81)90-28-9-14-38-96(90)110(99)77-23-5-2-6-24-77)66-101-106(93)91-29-10-15-39-97(91)112(101)79-59-53-70(54-60-79)68-47-49-72(50-48-68)82-32-17-33-86-85-26-11-16-42-102(85)113-107(82)86/h1-66H. The van der Waals surface area contributed by atoms with Crippen LogP contribution >= 0.6 is 0 Å². The average Bonchev–Trinajstić information content (AvgIpc) is 1.55. The zero-order valence-electron chi connectivity index (χ0n) is 61.7. The molecule has 0 aliphatic heterocycles. The second-order valence-corrected chi connectivity index (χ2v) is 30.2. The third-order valence-corrected chi connectivity index (χ3v) is 24.0. The van der Waals surface area contributed by atoms with Gasteiger partial charge in [-0.25, -0.2) is 0 Å². The van der Waals surface area contributed by atoms with Crippen LogP contribution in [0.5, 0.6) is 0 Å². The number of hydrogen-bond acceptors (Lipinski definition) is 2. The first-order valence-corrected chi connectivity index (χ1v) is 39.1. The van der Waals surface area contributed by atoms with Crippen molar-refractivity contribution in [3.8, 4) is 101 Å². The molecule has 0 saturated carbocycles. The van der Waals surface area contributed by atoms with Crippen molar-refractivity contribution in [3.05, 3.63) is 400 Å². The van der Waals surface area contributed by atoms with E-state index in [0.29, 0.717) is 0 Å². The summed E-state index contributed by atoms with van der Waals surface area (Å²) in [6.07, 6.45) is 0. The van der Waals surface area contributed by atoms with Crippen molar-refractivity contribution in [2.45, 2.75) is 0 Å². The Balaban J connectivity index is 0.596. The van der Waals surface area contributed by atoms with Crippen LogP contribution in [0.3, 0.4) is 0 Å². The zero-order chi connectivity index (χ0) is 74.6. The van der Waals surface area contributed by atoms with E-state index < -0.39 is 0 Å². The molecule has 0 aliphatic rings. The Labute approximate surface area is 655 Å². The highest BCUT2D eigenvalue weighted by Gasteiger charge is 2.26. The quantitative estimate of drug-likeness (QED) is 0.130. The Morgan fingerprint density at radius 2 is 0.491 bits per heavy atom. The van der Waals surface area contributed by atoms with Gasteiger partial charge in [0.15, 0.2) is 0 Å². The molecule has 0 bridgehead atoms. The minimum atomic E-state index is 0.841. The smallest absolute Gasteiger partial charge is 0.143 e. The number of fused-ring (bicyclic) bond motifs is 18. The Morgan fingerprint density at radius 1 is 0.149 bits per heavy atom. The van der Waals surface area contributed by atoms with Crippen molar-refractivity contribution >= 4 is 131 Å². The van der Waals surface area contributed by atoms with Crippen LogP contribution in [0.15, 0.2) is 409 Å². The molecule has 24 aromatic rings. The molecule has 0 radical (unpaired) electrons. The van der Waals surface area contributed by atoms with Gasteiger partial charge in [-0.15, -0.1) is 0 Å². The predicted molar refractivity (Wildman–Crippen MR) is 476 cm³/mol. The summed E-state index contributed by atoms with van der Waals surface area (Å²) in [5.41, 5.74) is 33.1. The summed E-state index contributed by atoms with van der Waals surface area (Å²) in [6.45, 7) is 0. The number of hydrogen-bond donors (Lipinski definition) is 0. The summed E-state index contributed by atoms with van der Waals surface area (Å²) in [6, 6.07) is 146. The SMILES string of the molecule is c1ccc(-n2c3ccccc3c3c(-c4ccc5c6ccccc6n(-c6ccc(-c7ccc(-c8ccc9oc%10c(-c%11cc(-c%12cccc%13c%12c%12ccccc%12n%13-c%12ccccc%12)cc%12c%11c%11ccccc%11n%12-c%11ccc(-c%12ccc(-c%13cccc%14c%13oc%13ccccc%13%14)cc%12)cc%11)cccc%10c9c8)cc7)cc6)c5c4)cccc32)cc1. The Hall–Kier alpha value is -15.2. The third kappa shape index (κ3) is 9.74. The third-order valence-electron chi connectivity index (χ3n) is 24.0. The number of nitrogens with zero attached hydrogens (tertiary/aromatic N) is 4. The second kappa shape index (κ2) is 25.2. The number of benzene rings is 18. The van der Waals surface area contributed by atoms with Gasteiger partial charge in [-0.2, -0.15) is 0 Å². The first kappa shape index (κ1) is 63.7. The van der Waals surface area contributed by atoms with Gasteiger partial charge in [-0.1, -0.05) is 279 Å². The highest BCUT2D eigenvalue weighted by molar-refractivity contribution is 6.23. The van der Waals surface area contributed by atoms with Gasteiger partial charge in [0, 0.05) is 98.5 Å². The molecular formula is C108H66N4O2. The molecule has 6 heterocycles. The van der Waals surface area contributed by atoms with Crippen LogP contribution in [0.4, 0.5) is 0 Å². The first-order valence-electron chi connectivity index (χ1n) is 39.1. The molecule has 0 unspecified atom stereocenters. The van der Waals surface area contributed by atoms with E-state index in [2.05, 4.69) is 407 Å². The van der Waals surface area contributed by atoms with E-state index in [9.17, 15) is 0 Å². The largest absolute Gasteiger partial charge is 0.455 e. The second-order valence-electron chi connectivity index (χ2n) is 30.2. The Bertz CT molecular complexity index is 8050. The molecule has 0 fully saturated rings. The van der Waals surface area contributed by atoms with Crippen molar-refractivity contribution in [1.29, 1.82) is 0 Å². The number of aromatic nitrogens is 4. The normalized spacial score (nSPS) is 12.0. The van der Waals surface area contributed by atoms with Crippen molar-refractivity contribution < 1.29 is 8.83 Å². The molecule has 18 aromatic carbocycles. The van der Waals surface area contributed by atoms with E-state index in [1.54, 1.807) is 0 Å². The summed E-state index contributed by atoms with van der Waals surface area (Å²) < 4.78 is 23.4. The fraction of sp³-hybridized carbons (Fsp3) is 0. The van der Waals surface area contributed by atoms with Crippen LogP contribution in [0.25, 0.3) is 232 Å². The molecule has 6 nitrogen and oxygen atoms in total. The minimum absolute atomic E-state index is 0.841. The van der Waals surface area contributed by atoms with Gasteiger partial charge in [-0.3, -0.25) is 0 Å². The van der Waals surface area contributed by atoms with Crippen LogP contribution in [0.2, 0.25) is 0 Å². The minimum Gasteiger partial charge on any atom is -0.455 e. The molecule has 6 aromatic heterocycles. The van der Waals surface area contributed by atoms with Gasteiger partial charge < -0.3 is 27.1 Å². The molecule has 0 saturated heterocycles. The Morgan fingerprint density at radius 3 is 1.06 bits per heavy atom. The summed E-state index contributed by atoms with van der Waals surface area (Å²) in [5, 5.41) is 14.1. The lowest BCUT2D eigenvalue weighted by atomic mass is 9.91. The molecular weight excluding hydrogens is 1390 g/mol. The summed E-state index contributed by atoms with van der Waals surface area (Å²) in [4.78, 5) is 0. The molecule has 530 valence electrons. The van der Waals surface area contributed by atoms with Gasteiger partial charge in [-0.05, 0) is 188 Å². The lowest BCUT2D eigenvalue weighted by molar-refractivity contribution is 0.669. The predicted octanol–water partition coefficient (Wildman–Crippen LogP) is 29.5. The fourth-order valence-corrected chi connectivity index (χ4v) is 18.9. The van der Waals surface area contributed by atoms with Crippen LogP contribution in [0.1, 0.15) is 0 Å². The van der Waals surface area contributed by atoms with Crippen LogP contribution in [0, 0.1) is 0 Å². The number of furan rings is 2. The molecule has 6 heteroatoms. The Kier molecular flexibility index (Phi) is 14.0. The van der Waals surface area contributed by atoms with Crippen LogP contribution in [-0.2, 0) is 0 Å². The van der Waals surface area contributed by atoms with Crippen LogP contribution in [-0.4, -0.2) is 18.3 Å². The zero-order valence-corrected chi connectivity index (χ0v) is 61.7. The highest BCUT2D eigenvalue weighted by atomic mass is 16.3. The van der Waals surface area contributed by atoms with Gasteiger partial charge in [0.2, 0.25) is 0 Å². The van der Waals surface area contributed by atoms with Crippen molar-refractivity contribution in [2.24, 2.45) is 0 Å². The van der Waals surface area contributed by atoms with Gasteiger partial charge >= 0.3 is 0 Å². The monoisotopic (exact) mass is 1450 g/mol. The first-order chi connectivity index (χ1) is 56.5. The summed E-state index contributed by atoms with van der Waals surface area (Å²) in [5.74, 6) is 0. The van der Waals surface area contributed by atoms with E-state index in [1.165, 1.54) is 65.5 Å².